The van der Waals surface area contributed by atoms with Crippen molar-refractivity contribution >= 4 is 17.1 Å². The topological polar surface area (TPSA) is 44.7 Å². The van der Waals surface area contributed by atoms with Crippen molar-refractivity contribution < 1.29 is 9.84 Å². The smallest absolute Gasteiger partial charge is 0.120 e. The van der Waals surface area contributed by atoms with Gasteiger partial charge in [-0.05, 0) is 48.2 Å². The van der Waals surface area contributed by atoms with Crippen LogP contribution in [-0.2, 0) is 12.8 Å². The van der Waals surface area contributed by atoms with Crippen LogP contribution < -0.4 is 15.0 Å². The zero-order chi connectivity index (χ0) is 19.3. The quantitative estimate of drug-likeness (QED) is 0.671. The molecule has 0 bridgehead atoms. The summed E-state index contributed by atoms with van der Waals surface area (Å²) in [5, 5.41) is 14.1. The number of benzene rings is 3. The van der Waals surface area contributed by atoms with E-state index in [4.69, 9.17) is 4.74 Å². The third kappa shape index (κ3) is 3.97. The number of β-amino-alcohol motifs (C(OH)–C–C–N with tert-alkyl or cyclic N) is 1. The van der Waals surface area contributed by atoms with Gasteiger partial charge in [0.25, 0.3) is 0 Å². The van der Waals surface area contributed by atoms with E-state index < -0.39 is 6.10 Å². The Kier molecular flexibility index (Phi) is 5.49. The second-order valence-corrected chi connectivity index (χ2v) is 7.13. The molecule has 0 spiro atoms. The first-order valence-corrected chi connectivity index (χ1v) is 9.74. The first-order valence-electron chi connectivity index (χ1n) is 9.74. The first-order chi connectivity index (χ1) is 13.7. The lowest BCUT2D eigenvalue weighted by Crippen LogP contribution is -2.34. The number of ether oxygens (including phenoxy) is 1. The lowest BCUT2D eigenvalue weighted by Gasteiger charge is -2.29. The van der Waals surface area contributed by atoms with Crippen LogP contribution in [-0.4, -0.2) is 31.4 Å². The Hall–Kier alpha value is -2.98. The average molecular weight is 374 g/mol. The molecular weight excluding hydrogens is 348 g/mol. The molecule has 1 aliphatic rings. The van der Waals surface area contributed by atoms with Crippen molar-refractivity contribution in [3.8, 4) is 5.75 Å². The molecule has 3 aromatic carbocycles. The summed E-state index contributed by atoms with van der Waals surface area (Å²) in [7, 11) is 1.65. The maximum Gasteiger partial charge on any atom is 0.120 e. The van der Waals surface area contributed by atoms with Crippen LogP contribution in [0.25, 0.3) is 0 Å². The summed E-state index contributed by atoms with van der Waals surface area (Å²) in [4.78, 5) is 2.26. The predicted octanol–water partition coefficient (Wildman–Crippen LogP) is 4.40. The molecule has 0 saturated carbocycles. The van der Waals surface area contributed by atoms with Gasteiger partial charge in [-0.3, -0.25) is 0 Å². The van der Waals surface area contributed by atoms with Crippen molar-refractivity contribution in [2.45, 2.75) is 18.9 Å². The third-order valence-electron chi connectivity index (χ3n) is 5.23. The minimum Gasteiger partial charge on any atom is -0.497 e. The standard InChI is InChI=1S/C24H26N2O2/c1-28-22-10-6-9-20(15-22)25-16-21(27)17-26-23-11-4-2-7-18(23)13-14-19-8-3-5-12-24(19)26/h2-12,15,21,25,27H,13-14,16-17H2,1H3. The van der Waals surface area contributed by atoms with Gasteiger partial charge in [0.15, 0.2) is 0 Å². The zero-order valence-corrected chi connectivity index (χ0v) is 16.1. The van der Waals surface area contributed by atoms with Crippen molar-refractivity contribution in [1.29, 1.82) is 0 Å². The summed E-state index contributed by atoms with van der Waals surface area (Å²) in [6.07, 6.45) is 1.51. The number of aliphatic hydroxyl groups excluding tert-OH is 1. The van der Waals surface area contributed by atoms with Crippen molar-refractivity contribution in [1.82, 2.24) is 0 Å². The number of anilines is 3. The number of methoxy groups -OCH3 is 1. The van der Waals surface area contributed by atoms with Crippen molar-refractivity contribution in [3.63, 3.8) is 0 Å². The molecule has 0 aliphatic carbocycles. The molecule has 0 fully saturated rings. The molecule has 28 heavy (non-hydrogen) atoms. The Morgan fingerprint density at radius 3 is 2.21 bits per heavy atom. The second kappa shape index (κ2) is 8.36. The number of aliphatic hydroxyl groups is 1. The van der Waals surface area contributed by atoms with Gasteiger partial charge >= 0.3 is 0 Å². The van der Waals surface area contributed by atoms with E-state index in [1.54, 1.807) is 7.11 Å². The largest absolute Gasteiger partial charge is 0.497 e. The normalized spacial score (nSPS) is 13.9. The van der Waals surface area contributed by atoms with Crippen molar-refractivity contribution in [3.05, 3.63) is 83.9 Å². The summed E-state index contributed by atoms with van der Waals surface area (Å²) >= 11 is 0. The van der Waals surface area contributed by atoms with Crippen LogP contribution in [0.1, 0.15) is 11.1 Å². The average Bonchev–Trinajstić information content (AvgIpc) is 2.90. The van der Waals surface area contributed by atoms with Gasteiger partial charge in [-0.15, -0.1) is 0 Å². The summed E-state index contributed by atoms with van der Waals surface area (Å²) in [5.74, 6) is 0.801. The van der Waals surface area contributed by atoms with Gasteiger partial charge in [0, 0.05) is 29.7 Å². The van der Waals surface area contributed by atoms with Gasteiger partial charge in [0.05, 0.1) is 19.8 Å². The summed E-state index contributed by atoms with van der Waals surface area (Å²) < 4.78 is 5.26. The fourth-order valence-corrected chi connectivity index (χ4v) is 3.81. The SMILES string of the molecule is COc1cccc(NCC(O)CN2c3ccccc3CCc3ccccc32)c1. The van der Waals surface area contributed by atoms with E-state index >= 15 is 0 Å². The van der Waals surface area contributed by atoms with E-state index in [1.807, 2.05) is 24.3 Å². The van der Waals surface area contributed by atoms with Crippen LogP contribution in [0, 0.1) is 0 Å². The van der Waals surface area contributed by atoms with E-state index in [-0.39, 0.29) is 0 Å². The van der Waals surface area contributed by atoms with Gasteiger partial charge in [0.1, 0.15) is 5.75 Å². The summed E-state index contributed by atoms with van der Waals surface area (Å²) in [6, 6.07) is 24.8. The molecular formula is C24H26N2O2. The van der Waals surface area contributed by atoms with Crippen LogP contribution in [0.15, 0.2) is 72.8 Å². The van der Waals surface area contributed by atoms with Gasteiger partial charge < -0.3 is 20.1 Å². The van der Waals surface area contributed by atoms with E-state index in [0.29, 0.717) is 13.1 Å². The van der Waals surface area contributed by atoms with Gasteiger partial charge in [-0.2, -0.15) is 0 Å². The molecule has 3 aromatic rings. The van der Waals surface area contributed by atoms with E-state index in [2.05, 4.69) is 58.7 Å². The molecule has 1 unspecified atom stereocenters. The highest BCUT2D eigenvalue weighted by molar-refractivity contribution is 5.71. The van der Waals surface area contributed by atoms with Gasteiger partial charge in [0.2, 0.25) is 0 Å². The number of aryl methyl sites for hydroxylation is 2. The summed E-state index contributed by atoms with van der Waals surface area (Å²) in [6.45, 7) is 0.999. The van der Waals surface area contributed by atoms with E-state index in [0.717, 1.165) is 24.3 Å². The van der Waals surface area contributed by atoms with Crippen LogP contribution in [0.5, 0.6) is 5.75 Å². The van der Waals surface area contributed by atoms with Crippen molar-refractivity contribution in [2.75, 3.05) is 30.4 Å². The number of para-hydroxylation sites is 2. The number of nitrogens with one attached hydrogen (secondary N) is 1. The molecule has 4 heteroatoms. The molecule has 4 nitrogen and oxygen atoms in total. The maximum atomic E-state index is 10.8. The molecule has 2 N–H and O–H groups in total. The molecule has 0 amide bonds. The second-order valence-electron chi connectivity index (χ2n) is 7.13. The van der Waals surface area contributed by atoms with Crippen LogP contribution >= 0.6 is 0 Å². The number of nitrogens with zero attached hydrogens (tertiary/aromatic N) is 1. The molecule has 0 radical (unpaired) electrons. The molecule has 1 atom stereocenters. The Morgan fingerprint density at radius 2 is 1.57 bits per heavy atom. The number of fused-ring (bicyclic) bond motifs is 2. The van der Waals surface area contributed by atoms with Crippen LogP contribution in [0.2, 0.25) is 0 Å². The number of hydrogen-bond acceptors (Lipinski definition) is 4. The van der Waals surface area contributed by atoms with Crippen LogP contribution in [0.3, 0.4) is 0 Å². The van der Waals surface area contributed by atoms with E-state index in [9.17, 15) is 5.11 Å². The Bertz CT molecular complexity index is 894. The van der Waals surface area contributed by atoms with Crippen molar-refractivity contribution in [2.24, 2.45) is 0 Å². The van der Waals surface area contributed by atoms with Crippen LogP contribution in [0.4, 0.5) is 17.1 Å². The fraction of sp³-hybridized carbons (Fsp3) is 0.250. The first kappa shape index (κ1) is 18.4. The maximum absolute atomic E-state index is 10.8. The van der Waals surface area contributed by atoms with Gasteiger partial charge in [-0.25, -0.2) is 0 Å². The highest BCUT2D eigenvalue weighted by atomic mass is 16.5. The fourth-order valence-electron chi connectivity index (χ4n) is 3.81. The molecule has 144 valence electrons. The molecule has 0 saturated heterocycles. The third-order valence-corrected chi connectivity index (χ3v) is 5.23. The Labute approximate surface area is 166 Å². The Balaban J connectivity index is 1.53. The van der Waals surface area contributed by atoms with E-state index in [1.165, 1.54) is 22.5 Å². The zero-order valence-electron chi connectivity index (χ0n) is 16.1. The summed E-state index contributed by atoms with van der Waals surface area (Å²) in [5.41, 5.74) is 5.97. The van der Waals surface area contributed by atoms with Gasteiger partial charge in [-0.1, -0.05) is 42.5 Å². The molecule has 4 rings (SSSR count). The molecule has 0 aromatic heterocycles. The number of hydrogen-bond donors (Lipinski definition) is 2. The lowest BCUT2D eigenvalue weighted by molar-refractivity contribution is 0.195. The highest BCUT2D eigenvalue weighted by Gasteiger charge is 2.22. The molecule has 1 heterocycles. The lowest BCUT2D eigenvalue weighted by atomic mass is 10.0. The minimum atomic E-state index is -0.523. The minimum absolute atomic E-state index is 0.466. The Morgan fingerprint density at radius 1 is 0.929 bits per heavy atom. The predicted molar refractivity (Wildman–Crippen MR) is 115 cm³/mol. The molecule has 1 aliphatic heterocycles. The number of rotatable bonds is 6. The highest BCUT2D eigenvalue weighted by Crippen LogP contribution is 2.35. The monoisotopic (exact) mass is 374 g/mol.